The van der Waals surface area contributed by atoms with Gasteiger partial charge in [-0.2, -0.15) is 0 Å². The highest BCUT2D eigenvalue weighted by molar-refractivity contribution is 6.05. The molecule has 0 saturated heterocycles. The van der Waals surface area contributed by atoms with Gasteiger partial charge in [0, 0.05) is 11.3 Å². The molecule has 2 aromatic rings. The van der Waals surface area contributed by atoms with Gasteiger partial charge in [-0.3, -0.25) is 4.79 Å². The second-order valence-corrected chi connectivity index (χ2v) is 5.68. The summed E-state index contributed by atoms with van der Waals surface area (Å²) in [5.74, 6) is -1.35. The molecule has 0 aliphatic carbocycles. The highest BCUT2D eigenvalue weighted by Gasteiger charge is 2.15. The number of anilines is 1. The van der Waals surface area contributed by atoms with Gasteiger partial charge in [0.25, 0.3) is 5.91 Å². The Morgan fingerprint density at radius 1 is 1.20 bits per heavy atom. The first-order valence-electron chi connectivity index (χ1n) is 8.03. The Kier molecular flexibility index (Phi) is 6.00. The molecule has 6 heteroatoms. The Hall–Kier alpha value is -3.02. The number of carbonyl (C=O) groups excluding carboxylic acids is 1. The first-order valence-corrected chi connectivity index (χ1v) is 8.03. The fourth-order valence-electron chi connectivity index (χ4n) is 2.28. The van der Waals surface area contributed by atoms with E-state index in [4.69, 9.17) is 9.84 Å². The van der Waals surface area contributed by atoms with Crippen molar-refractivity contribution in [2.24, 2.45) is 0 Å². The van der Waals surface area contributed by atoms with Crippen LogP contribution >= 0.6 is 0 Å². The summed E-state index contributed by atoms with van der Waals surface area (Å²) in [6, 6.07) is 9.52. The Morgan fingerprint density at radius 3 is 2.64 bits per heavy atom. The molecule has 2 aromatic carbocycles. The average molecular weight is 343 g/mol. The number of amides is 1. The van der Waals surface area contributed by atoms with Crippen LogP contribution in [0.5, 0.6) is 11.5 Å². The van der Waals surface area contributed by atoms with Crippen molar-refractivity contribution in [1.29, 1.82) is 0 Å². The molecular formula is C19H21NO5. The van der Waals surface area contributed by atoms with Crippen molar-refractivity contribution in [2.45, 2.75) is 26.7 Å². The van der Waals surface area contributed by atoms with Gasteiger partial charge in [0.15, 0.2) is 0 Å². The van der Waals surface area contributed by atoms with Crippen molar-refractivity contribution >= 4 is 17.6 Å². The van der Waals surface area contributed by atoms with Gasteiger partial charge in [0.2, 0.25) is 0 Å². The van der Waals surface area contributed by atoms with Gasteiger partial charge in [0.05, 0.1) is 6.61 Å². The van der Waals surface area contributed by atoms with Crippen molar-refractivity contribution in [2.75, 3.05) is 11.9 Å². The predicted molar refractivity (Wildman–Crippen MR) is 94.6 cm³/mol. The molecule has 0 aromatic heterocycles. The third-order valence-electron chi connectivity index (χ3n) is 3.65. The van der Waals surface area contributed by atoms with Crippen LogP contribution < -0.4 is 10.1 Å². The molecule has 0 radical (unpaired) electrons. The first-order chi connectivity index (χ1) is 11.9. The van der Waals surface area contributed by atoms with Crippen LogP contribution in [-0.2, 0) is 0 Å². The average Bonchev–Trinajstić information content (AvgIpc) is 2.58. The fraction of sp³-hybridized carbons (Fsp3) is 0.263. The Morgan fingerprint density at radius 2 is 1.96 bits per heavy atom. The monoisotopic (exact) mass is 343 g/mol. The van der Waals surface area contributed by atoms with E-state index in [0.717, 1.165) is 12.8 Å². The summed E-state index contributed by atoms with van der Waals surface area (Å²) < 4.78 is 5.58. The van der Waals surface area contributed by atoms with Gasteiger partial charge in [-0.25, -0.2) is 4.79 Å². The summed E-state index contributed by atoms with van der Waals surface area (Å²) in [7, 11) is 0. The summed E-state index contributed by atoms with van der Waals surface area (Å²) >= 11 is 0. The van der Waals surface area contributed by atoms with Crippen molar-refractivity contribution < 1.29 is 24.5 Å². The molecule has 0 fully saturated rings. The zero-order chi connectivity index (χ0) is 18.4. The highest BCUT2D eigenvalue weighted by atomic mass is 16.5. The van der Waals surface area contributed by atoms with Crippen LogP contribution in [0.15, 0.2) is 36.4 Å². The van der Waals surface area contributed by atoms with E-state index in [0.29, 0.717) is 29.2 Å². The number of aryl methyl sites for hydroxylation is 1. The number of carboxylic acids is 1. The number of benzene rings is 2. The Labute approximate surface area is 146 Å². The zero-order valence-electron chi connectivity index (χ0n) is 14.2. The number of rotatable bonds is 7. The largest absolute Gasteiger partial charge is 0.507 e. The van der Waals surface area contributed by atoms with E-state index in [1.807, 2.05) is 0 Å². The summed E-state index contributed by atoms with van der Waals surface area (Å²) in [5.41, 5.74) is 0.811. The van der Waals surface area contributed by atoms with Crippen LogP contribution in [0.2, 0.25) is 0 Å². The summed E-state index contributed by atoms with van der Waals surface area (Å²) in [6.07, 6.45) is 1.95. The molecule has 0 heterocycles. The molecule has 0 atom stereocenters. The Bertz CT molecular complexity index is 785. The zero-order valence-corrected chi connectivity index (χ0v) is 14.2. The molecule has 3 N–H and O–H groups in total. The molecule has 0 aliphatic heterocycles. The number of ether oxygens (including phenoxy) is 1. The molecule has 1 amide bonds. The minimum atomic E-state index is -1.26. The third-order valence-corrected chi connectivity index (χ3v) is 3.65. The second-order valence-electron chi connectivity index (χ2n) is 5.68. The lowest BCUT2D eigenvalue weighted by Crippen LogP contribution is -2.13. The van der Waals surface area contributed by atoms with E-state index in [2.05, 4.69) is 12.2 Å². The van der Waals surface area contributed by atoms with E-state index < -0.39 is 5.97 Å². The topological polar surface area (TPSA) is 95.9 Å². The van der Waals surface area contributed by atoms with Crippen molar-refractivity contribution in [3.8, 4) is 11.5 Å². The maximum absolute atomic E-state index is 12.4. The van der Waals surface area contributed by atoms with Gasteiger partial charge in [-0.05, 0) is 49.2 Å². The van der Waals surface area contributed by atoms with Crippen molar-refractivity contribution in [1.82, 2.24) is 0 Å². The summed E-state index contributed by atoms with van der Waals surface area (Å²) in [5, 5.41) is 21.5. The van der Waals surface area contributed by atoms with Crippen LogP contribution in [0.1, 0.15) is 46.0 Å². The van der Waals surface area contributed by atoms with Gasteiger partial charge < -0.3 is 20.3 Å². The van der Waals surface area contributed by atoms with E-state index in [-0.39, 0.29) is 17.2 Å². The number of carbonyl (C=O) groups is 2. The summed E-state index contributed by atoms with van der Waals surface area (Å²) in [4.78, 5) is 23.6. The smallest absolute Gasteiger partial charge is 0.339 e. The number of nitrogens with one attached hydrogen (secondary N) is 1. The minimum Gasteiger partial charge on any atom is -0.507 e. The van der Waals surface area contributed by atoms with Crippen molar-refractivity contribution in [3.05, 3.63) is 53.1 Å². The predicted octanol–water partition coefficient (Wildman–Crippen LogP) is 3.83. The van der Waals surface area contributed by atoms with E-state index in [9.17, 15) is 14.7 Å². The second kappa shape index (κ2) is 8.19. The quantitative estimate of drug-likeness (QED) is 0.524. The molecule has 25 heavy (non-hydrogen) atoms. The van der Waals surface area contributed by atoms with Crippen LogP contribution in [0.25, 0.3) is 0 Å². The number of aromatic hydroxyl groups is 1. The molecule has 0 bridgehead atoms. The molecule has 132 valence electrons. The van der Waals surface area contributed by atoms with Crippen molar-refractivity contribution in [3.63, 3.8) is 0 Å². The number of phenols is 1. The normalized spacial score (nSPS) is 10.3. The van der Waals surface area contributed by atoms with Crippen LogP contribution in [-0.4, -0.2) is 28.7 Å². The Balaban J connectivity index is 2.17. The number of aromatic carboxylic acids is 1. The number of hydrogen-bond donors (Lipinski definition) is 3. The van der Waals surface area contributed by atoms with Crippen LogP contribution in [0, 0.1) is 6.92 Å². The van der Waals surface area contributed by atoms with E-state index in [1.54, 1.807) is 31.2 Å². The van der Waals surface area contributed by atoms with Gasteiger partial charge >= 0.3 is 5.97 Å². The van der Waals surface area contributed by atoms with Gasteiger partial charge in [0.1, 0.15) is 17.1 Å². The van der Waals surface area contributed by atoms with Crippen LogP contribution in [0.4, 0.5) is 5.69 Å². The molecular weight excluding hydrogens is 322 g/mol. The minimum absolute atomic E-state index is 0.257. The van der Waals surface area contributed by atoms with E-state index >= 15 is 0 Å². The van der Waals surface area contributed by atoms with E-state index in [1.165, 1.54) is 12.1 Å². The van der Waals surface area contributed by atoms with Gasteiger partial charge in [-0.1, -0.05) is 19.4 Å². The molecule has 0 spiro atoms. The lowest BCUT2D eigenvalue weighted by molar-refractivity contribution is 0.0693. The number of carboxylic acid groups (broad SMARTS) is 1. The lowest BCUT2D eigenvalue weighted by Gasteiger charge is -2.11. The molecule has 2 rings (SSSR count). The SMILES string of the molecule is CCCCOc1cccc(C(=O)Nc2cc(C)c(O)c(C(=O)O)c2)c1. The first kappa shape index (κ1) is 18.3. The fourth-order valence-corrected chi connectivity index (χ4v) is 2.28. The maximum atomic E-state index is 12.4. The third kappa shape index (κ3) is 4.73. The number of hydrogen-bond acceptors (Lipinski definition) is 4. The molecule has 0 aliphatic rings. The van der Waals surface area contributed by atoms with Gasteiger partial charge in [-0.15, -0.1) is 0 Å². The molecule has 0 unspecified atom stereocenters. The molecule has 0 saturated carbocycles. The molecule has 6 nitrogen and oxygen atoms in total. The summed E-state index contributed by atoms with van der Waals surface area (Å²) in [6.45, 7) is 4.22. The maximum Gasteiger partial charge on any atom is 0.339 e. The highest BCUT2D eigenvalue weighted by Crippen LogP contribution is 2.27. The standard InChI is InChI=1S/C19H21NO5/c1-3-4-8-25-15-7-5-6-13(10-15)18(22)20-14-9-12(2)17(21)16(11-14)19(23)24/h5-7,9-11,21H,3-4,8H2,1-2H3,(H,20,22)(H,23,24). The number of unbranched alkanes of at least 4 members (excludes halogenated alkanes) is 1. The van der Waals surface area contributed by atoms with Crippen LogP contribution in [0.3, 0.4) is 0 Å². The lowest BCUT2D eigenvalue weighted by atomic mass is 10.1.